The SMILES string of the molecule is CC1CN(C)CCN1c1nc(N)ns1. The van der Waals surface area contributed by atoms with Crippen LogP contribution in [0.4, 0.5) is 11.1 Å². The lowest BCUT2D eigenvalue weighted by Crippen LogP contribution is -2.50. The van der Waals surface area contributed by atoms with E-state index in [1.54, 1.807) is 0 Å². The number of likely N-dealkylation sites (N-methyl/N-ethyl adjacent to an activating group) is 1. The summed E-state index contributed by atoms with van der Waals surface area (Å²) in [5.41, 5.74) is 5.51. The first-order chi connectivity index (χ1) is 6.66. The zero-order valence-electron chi connectivity index (χ0n) is 8.47. The maximum Gasteiger partial charge on any atom is 0.233 e. The predicted molar refractivity (Wildman–Crippen MR) is 58.6 cm³/mol. The van der Waals surface area contributed by atoms with Crippen LogP contribution in [0.2, 0.25) is 0 Å². The summed E-state index contributed by atoms with van der Waals surface area (Å²) in [4.78, 5) is 8.80. The average molecular weight is 213 g/mol. The Hall–Kier alpha value is -0.880. The maximum atomic E-state index is 5.51. The Morgan fingerprint density at radius 3 is 2.86 bits per heavy atom. The zero-order valence-corrected chi connectivity index (χ0v) is 9.29. The van der Waals surface area contributed by atoms with Gasteiger partial charge in [0.2, 0.25) is 11.1 Å². The van der Waals surface area contributed by atoms with Gasteiger partial charge in [0.1, 0.15) is 0 Å². The minimum Gasteiger partial charge on any atom is -0.367 e. The van der Waals surface area contributed by atoms with Gasteiger partial charge in [-0.25, -0.2) is 0 Å². The van der Waals surface area contributed by atoms with Gasteiger partial charge in [-0.15, -0.1) is 0 Å². The summed E-state index contributed by atoms with van der Waals surface area (Å²) >= 11 is 1.38. The molecule has 1 aliphatic rings. The van der Waals surface area contributed by atoms with Crippen molar-refractivity contribution >= 4 is 22.6 Å². The number of aromatic nitrogens is 2. The number of rotatable bonds is 1. The molecule has 0 saturated carbocycles. The van der Waals surface area contributed by atoms with E-state index in [9.17, 15) is 0 Å². The van der Waals surface area contributed by atoms with Gasteiger partial charge in [-0.3, -0.25) is 0 Å². The molecule has 0 aliphatic carbocycles. The Kier molecular flexibility index (Phi) is 2.56. The van der Waals surface area contributed by atoms with E-state index in [4.69, 9.17) is 5.73 Å². The van der Waals surface area contributed by atoms with E-state index in [-0.39, 0.29) is 0 Å². The first kappa shape index (κ1) is 9.67. The first-order valence-corrected chi connectivity index (χ1v) is 5.48. The summed E-state index contributed by atoms with van der Waals surface area (Å²) in [7, 11) is 2.14. The molecule has 2 heterocycles. The van der Waals surface area contributed by atoms with Crippen LogP contribution in [0.3, 0.4) is 0 Å². The lowest BCUT2D eigenvalue weighted by atomic mass is 10.2. The summed E-state index contributed by atoms with van der Waals surface area (Å²) in [5, 5.41) is 0.947. The second kappa shape index (κ2) is 3.70. The van der Waals surface area contributed by atoms with Crippen LogP contribution in [0.15, 0.2) is 0 Å². The fourth-order valence-electron chi connectivity index (χ4n) is 1.77. The zero-order chi connectivity index (χ0) is 10.1. The molecule has 2 N–H and O–H groups in total. The van der Waals surface area contributed by atoms with E-state index < -0.39 is 0 Å². The molecule has 0 spiro atoms. The number of anilines is 2. The van der Waals surface area contributed by atoms with Crippen LogP contribution in [0, 0.1) is 0 Å². The highest BCUT2D eigenvalue weighted by Crippen LogP contribution is 2.22. The molecule has 0 aromatic carbocycles. The van der Waals surface area contributed by atoms with Gasteiger partial charge in [0.05, 0.1) is 0 Å². The molecule has 1 aliphatic heterocycles. The standard InChI is InChI=1S/C8H15N5S/c1-6-5-12(2)3-4-13(6)8-10-7(9)11-14-8/h6H,3-5H2,1-2H3,(H2,9,11). The number of nitrogen functional groups attached to an aromatic ring is 1. The Morgan fingerprint density at radius 2 is 2.29 bits per heavy atom. The number of nitrogens with two attached hydrogens (primary N) is 1. The number of nitrogens with zero attached hydrogens (tertiary/aromatic N) is 4. The molecule has 1 saturated heterocycles. The lowest BCUT2D eigenvalue weighted by molar-refractivity contribution is 0.275. The summed E-state index contributed by atoms with van der Waals surface area (Å²) < 4.78 is 4.00. The molecule has 0 amide bonds. The lowest BCUT2D eigenvalue weighted by Gasteiger charge is -2.37. The molecular weight excluding hydrogens is 198 g/mol. The van der Waals surface area contributed by atoms with Gasteiger partial charge >= 0.3 is 0 Å². The minimum absolute atomic E-state index is 0.385. The van der Waals surface area contributed by atoms with Crippen molar-refractivity contribution in [3.8, 4) is 0 Å². The molecule has 1 unspecified atom stereocenters. The van der Waals surface area contributed by atoms with Crippen LogP contribution in [0.1, 0.15) is 6.92 Å². The fraction of sp³-hybridized carbons (Fsp3) is 0.750. The summed E-state index contributed by atoms with van der Waals surface area (Å²) in [6.07, 6.45) is 0. The molecule has 6 heteroatoms. The normalized spacial score (nSPS) is 24.1. The molecule has 1 fully saturated rings. The van der Waals surface area contributed by atoms with Crippen molar-refractivity contribution in [1.82, 2.24) is 14.3 Å². The number of piperazine rings is 1. The van der Waals surface area contributed by atoms with Gasteiger partial charge in [0.25, 0.3) is 0 Å². The van der Waals surface area contributed by atoms with E-state index in [0.29, 0.717) is 12.0 Å². The quantitative estimate of drug-likeness (QED) is 0.725. The third-order valence-corrected chi connectivity index (χ3v) is 3.27. The van der Waals surface area contributed by atoms with Crippen LogP contribution in [-0.4, -0.2) is 47.0 Å². The van der Waals surface area contributed by atoms with E-state index in [0.717, 1.165) is 24.8 Å². The van der Waals surface area contributed by atoms with Crippen LogP contribution in [0.5, 0.6) is 0 Å². The van der Waals surface area contributed by atoms with Gasteiger partial charge in [-0.1, -0.05) is 0 Å². The number of hydrogen-bond acceptors (Lipinski definition) is 6. The van der Waals surface area contributed by atoms with Gasteiger partial charge in [0.15, 0.2) is 0 Å². The van der Waals surface area contributed by atoms with E-state index in [2.05, 4.69) is 33.1 Å². The Labute approximate surface area is 87.7 Å². The molecular formula is C8H15N5S. The van der Waals surface area contributed by atoms with E-state index in [1.165, 1.54) is 11.5 Å². The third kappa shape index (κ3) is 1.80. The summed E-state index contributed by atoms with van der Waals surface area (Å²) in [6.45, 7) is 5.35. The van der Waals surface area contributed by atoms with Crippen molar-refractivity contribution in [2.24, 2.45) is 0 Å². The van der Waals surface area contributed by atoms with Crippen molar-refractivity contribution in [3.05, 3.63) is 0 Å². The second-order valence-corrected chi connectivity index (χ2v) is 4.47. The Morgan fingerprint density at radius 1 is 1.50 bits per heavy atom. The van der Waals surface area contributed by atoms with Crippen molar-refractivity contribution < 1.29 is 0 Å². The smallest absolute Gasteiger partial charge is 0.233 e. The summed E-state index contributed by atoms with van der Waals surface area (Å²) in [6, 6.07) is 0.487. The topological polar surface area (TPSA) is 58.3 Å². The van der Waals surface area contributed by atoms with Crippen molar-refractivity contribution in [2.45, 2.75) is 13.0 Å². The van der Waals surface area contributed by atoms with Crippen molar-refractivity contribution in [1.29, 1.82) is 0 Å². The monoisotopic (exact) mass is 213 g/mol. The molecule has 14 heavy (non-hydrogen) atoms. The highest BCUT2D eigenvalue weighted by molar-refractivity contribution is 7.09. The predicted octanol–water partition coefficient (Wildman–Crippen LogP) is 0.261. The molecule has 1 atom stereocenters. The van der Waals surface area contributed by atoms with Crippen LogP contribution < -0.4 is 10.6 Å². The molecule has 2 rings (SSSR count). The third-order valence-electron chi connectivity index (χ3n) is 2.51. The highest BCUT2D eigenvalue weighted by Gasteiger charge is 2.23. The van der Waals surface area contributed by atoms with Crippen LogP contribution in [-0.2, 0) is 0 Å². The molecule has 0 radical (unpaired) electrons. The maximum absolute atomic E-state index is 5.51. The largest absolute Gasteiger partial charge is 0.367 e. The average Bonchev–Trinajstić information content (AvgIpc) is 2.51. The van der Waals surface area contributed by atoms with Gasteiger partial charge < -0.3 is 15.5 Å². The molecule has 78 valence electrons. The molecule has 0 bridgehead atoms. The molecule has 5 nitrogen and oxygen atoms in total. The van der Waals surface area contributed by atoms with Crippen molar-refractivity contribution in [3.63, 3.8) is 0 Å². The molecule has 1 aromatic heterocycles. The van der Waals surface area contributed by atoms with Gasteiger partial charge in [-0.2, -0.15) is 9.36 Å². The first-order valence-electron chi connectivity index (χ1n) is 4.71. The Bertz CT molecular complexity index is 312. The van der Waals surface area contributed by atoms with Crippen LogP contribution >= 0.6 is 11.5 Å². The van der Waals surface area contributed by atoms with Gasteiger partial charge in [-0.05, 0) is 14.0 Å². The van der Waals surface area contributed by atoms with Crippen LogP contribution in [0.25, 0.3) is 0 Å². The van der Waals surface area contributed by atoms with E-state index in [1.807, 2.05) is 0 Å². The molecule has 1 aromatic rings. The highest BCUT2D eigenvalue weighted by atomic mass is 32.1. The Balaban J connectivity index is 2.11. The number of hydrogen-bond donors (Lipinski definition) is 1. The minimum atomic E-state index is 0.385. The second-order valence-electron chi connectivity index (χ2n) is 3.74. The van der Waals surface area contributed by atoms with E-state index >= 15 is 0 Å². The van der Waals surface area contributed by atoms with Crippen molar-refractivity contribution in [2.75, 3.05) is 37.3 Å². The van der Waals surface area contributed by atoms with Gasteiger partial charge in [0, 0.05) is 37.2 Å². The summed E-state index contributed by atoms with van der Waals surface area (Å²) in [5.74, 6) is 0.385. The fourth-order valence-corrected chi connectivity index (χ4v) is 2.49.